The number of hydrogen-bond donors (Lipinski definition) is 0. The van der Waals surface area contributed by atoms with E-state index in [2.05, 4.69) is 57.9 Å². The van der Waals surface area contributed by atoms with E-state index in [1.54, 1.807) is 0 Å². The van der Waals surface area contributed by atoms with Crippen LogP contribution < -0.4 is 4.90 Å². The van der Waals surface area contributed by atoms with Crippen LogP contribution in [0.5, 0.6) is 0 Å². The number of likely N-dealkylation sites (N-methyl/N-ethyl adjacent to an activating group) is 1. The highest BCUT2D eigenvalue weighted by Crippen LogP contribution is 2.35. The molecule has 0 bridgehead atoms. The maximum Gasteiger partial charge on any atom is 0.209 e. The van der Waals surface area contributed by atoms with Crippen molar-refractivity contribution >= 4 is 16.8 Å². The first-order chi connectivity index (χ1) is 14.2. The minimum absolute atomic E-state index is 0.350. The van der Waals surface area contributed by atoms with E-state index in [9.17, 15) is 0 Å². The number of anilines is 1. The number of nitrogens with zero attached hydrogens (tertiary/aromatic N) is 5. The number of hydrogen-bond acceptors (Lipinski definition) is 6. The molecule has 5 rings (SSSR count). The van der Waals surface area contributed by atoms with Crippen molar-refractivity contribution in [3.8, 4) is 0 Å². The molecule has 2 aliphatic rings. The zero-order valence-electron chi connectivity index (χ0n) is 17.3. The van der Waals surface area contributed by atoms with Crippen molar-refractivity contribution in [1.29, 1.82) is 0 Å². The van der Waals surface area contributed by atoms with Crippen molar-refractivity contribution < 1.29 is 4.42 Å². The molecule has 0 aliphatic carbocycles. The monoisotopic (exact) mass is 391 g/mol. The van der Waals surface area contributed by atoms with Crippen LogP contribution in [-0.4, -0.2) is 59.5 Å². The lowest BCUT2D eigenvalue weighted by atomic mass is 10.1. The molecular formula is C23H29N5O. The number of fused-ring (bicyclic) bond motifs is 1. The lowest BCUT2D eigenvalue weighted by Crippen LogP contribution is -2.44. The maximum absolute atomic E-state index is 6.33. The number of aryl methyl sites for hydroxylation is 1. The topological polar surface area (TPSA) is 48.6 Å². The van der Waals surface area contributed by atoms with Gasteiger partial charge in [-0.3, -0.25) is 9.88 Å². The number of pyridine rings is 1. The molecular weight excluding hydrogens is 362 g/mol. The van der Waals surface area contributed by atoms with E-state index in [1.165, 1.54) is 23.4 Å². The van der Waals surface area contributed by atoms with Crippen molar-refractivity contribution in [3.63, 3.8) is 0 Å². The van der Waals surface area contributed by atoms with Gasteiger partial charge in [-0.1, -0.05) is 12.1 Å². The van der Waals surface area contributed by atoms with Crippen molar-refractivity contribution in [3.05, 3.63) is 53.7 Å². The molecule has 0 N–H and O–H groups in total. The third kappa shape index (κ3) is 3.63. The number of rotatable bonds is 4. The largest absolute Gasteiger partial charge is 0.437 e. The van der Waals surface area contributed by atoms with Crippen LogP contribution in [0.1, 0.15) is 36.0 Å². The normalized spacial score (nSPS) is 21.3. The van der Waals surface area contributed by atoms with Gasteiger partial charge in [-0.05, 0) is 57.1 Å². The van der Waals surface area contributed by atoms with Gasteiger partial charge in [0, 0.05) is 32.4 Å². The first-order valence-electron chi connectivity index (χ1n) is 10.7. The Hall–Kier alpha value is -2.44. The molecule has 2 aromatic heterocycles. The average molecular weight is 392 g/mol. The van der Waals surface area contributed by atoms with Gasteiger partial charge in [0.15, 0.2) is 5.58 Å². The number of likely N-dealkylation sites (tertiary alicyclic amines) is 1. The number of para-hydroxylation sites is 1. The van der Waals surface area contributed by atoms with E-state index in [0.29, 0.717) is 6.04 Å². The van der Waals surface area contributed by atoms with Gasteiger partial charge in [0.25, 0.3) is 0 Å². The minimum Gasteiger partial charge on any atom is -0.437 e. The number of oxazole rings is 1. The summed E-state index contributed by atoms with van der Waals surface area (Å²) in [5, 5.41) is 0. The maximum atomic E-state index is 6.33. The van der Waals surface area contributed by atoms with Gasteiger partial charge in [0.1, 0.15) is 5.52 Å². The molecule has 1 atom stereocenters. The summed E-state index contributed by atoms with van der Waals surface area (Å²) in [6.07, 6.45) is 4.23. The van der Waals surface area contributed by atoms with Gasteiger partial charge in [0.2, 0.25) is 5.89 Å². The van der Waals surface area contributed by atoms with Crippen molar-refractivity contribution in [2.24, 2.45) is 0 Å². The highest BCUT2D eigenvalue weighted by molar-refractivity contribution is 5.86. The molecule has 29 heavy (non-hydrogen) atoms. The predicted molar refractivity (Wildman–Crippen MR) is 115 cm³/mol. The zero-order valence-corrected chi connectivity index (χ0v) is 17.3. The second-order valence-electron chi connectivity index (χ2n) is 8.36. The van der Waals surface area contributed by atoms with Crippen molar-refractivity contribution in [2.75, 3.05) is 44.7 Å². The molecule has 1 unspecified atom stereocenters. The fourth-order valence-corrected chi connectivity index (χ4v) is 4.69. The van der Waals surface area contributed by atoms with E-state index in [4.69, 9.17) is 9.40 Å². The van der Waals surface area contributed by atoms with Crippen LogP contribution in [0, 0.1) is 6.92 Å². The third-order valence-electron chi connectivity index (χ3n) is 6.35. The Morgan fingerprint density at radius 3 is 2.76 bits per heavy atom. The Labute approximate surface area is 172 Å². The van der Waals surface area contributed by atoms with E-state index in [0.717, 1.165) is 62.7 Å². The Morgan fingerprint density at radius 1 is 1.07 bits per heavy atom. The van der Waals surface area contributed by atoms with Crippen LogP contribution >= 0.6 is 0 Å². The van der Waals surface area contributed by atoms with E-state index in [-0.39, 0.29) is 0 Å². The van der Waals surface area contributed by atoms with Gasteiger partial charge < -0.3 is 14.2 Å². The second-order valence-corrected chi connectivity index (χ2v) is 8.36. The van der Waals surface area contributed by atoms with Crippen LogP contribution in [0.3, 0.4) is 0 Å². The van der Waals surface area contributed by atoms with E-state index < -0.39 is 0 Å². The van der Waals surface area contributed by atoms with Gasteiger partial charge in [-0.25, -0.2) is 4.98 Å². The molecule has 2 saturated heterocycles. The quantitative estimate of drug-likeness (QED) is 0.677. The summed E-state index contributed by atoms with van der Waals surface area (Å²) >= 11 is 0. The molecule has 2 fully saturated rings. The minimum atomic E-state index is 0.350. The molecule has 6 heteroatoms. The molecule has 0 radical (unpaired) electrons. The zero-order chi connectivity index (χ0) is 19.8. The van der Waals surface area contributed by atoms with Crippen LogP contribution in [0.4, 0.5) is 5.69 Å². The Morgan fingerprint density at radius 2 is 1.93 bits per heavy atom. The van der Waals surface area contributed by atoms with Crippen LogP contribution in [0.25, 0.3) is 11.1 Å². The van der Waals surface area contributed by atoms with Gasteiger partial charge >= 0.3 is 0 Å². The Kier molecular flexibility index (Phi) is 4.97. The van der Waals surface area contributed by atoms with Gasteiger partial charge in [0.05, 0.1) is 24.0 Å². The Bertz CT molecular complexity index is 992. The van der Waals surface area contributed by atoms with E-state index in [1.807, 2.05) is 12.3 Å². The molecule has 152 valence electrons. The SMILES string of the molecule is Cc1cccnc1C1CCCN1Cc1nc2cccc(N3CCN(C)CC3)c2o1. The highest BCUT2D eigenvalue weighted by Gasteiger charge is 2.29. The summed E-state index contributed by atoms with van der Waals surface area (Å²) in [7, 11) is 2.18. The second kappa shape index (κ2) is 7.76. The number of piperazine rings is 1. The first kappa shape index (κ1) is 18.6. The predicted octanol–water partition coefficient (Wildman–Crippen LogP) is 3.62. The summed E-state index contributed by atoms with van der Waals surface area (Å²) in [5.74, 6) is 0.807. The van der Waals surface area contributed by atoms with Gasteiger partial charge in [-0.2, -0.15) is 0 Å². The first-order valence-corrected chi connectivity index (χ1v) is 10.7. The van der Waals surface area contributed by atoms with Crippen molar-refractivity contribution in [1.82, 2.24) is 19.8 Å². The van der Waals surface area contributed by atoms with Gasteiger partial charge in [-0.15, -0.1) is 0 Å². The van der Waals surface area contributed by atoms with Crippen LogP contribution in [0.15, 0.2) is 40.9 Å². The summed E-state index contributed by atoms with van der Waals surface area (Å²) < 4.78 is 6.33. The molecule has 2 aliphatic heterocycles. The summed E-state index contributed by atoms with van der Waals surface area (Å²) in [6, 6.07) is 10.8. The van der Waals surface area contributed by atoms with Crippen LogP contribution in [0.2, 0.25) is 0 Å². The number of benzene rings is 1. The van der Waals surface area contributed by atoms with Crippen LogP contribution in [-0.2, 0) is 6.54 Å². The Balaban J connectivity index is 1.40. The summed E-state index contributed by atoms with van der Waals surface area (Å²) in [5.41, 5.74) is 5.52. The molecule has 4 heterocycles. The number of aromatic nitrogens is 2. The third-order valence-corrected chi connectivity index (χ3v) is 6.35. The molecule has 1 aromatic carbocycles. The molecule has 0 spiro atoms. The molecule has 0 amide bonds. The highest BCUT2D eigenvalue weighted by atomic mass is 16.3. The molecule has 3 aromatic rings. The van der Waals surface area contributed by atoms with E-state index >= 15 is 0 Å². The fourth-order valence-electron chi connectivity index (χ4n) is 4.69. The summed E-state index contributed by atoms with van der Waals surface area (Å²) in [4.78, 5) is 16.8. The smallest absolute Gasteiger partial charge is 0.209 e. The molecule has 0 saturated carbocycles. The molecule has 6 nitrogen and oxygen atoms in total. The summed E-state index contributed by atoms with van der Waals surface area (Å²) in [6.45, 7) is 8.16. The van der Waals surface area contributed by atoms with Crippen molar-refractivity contribution in [2.45, 2.75) is 32.4 Å². The standard InChI is InChI=1S/C23H29N5O/c1-17-6-4-10-24-22(17)19-9-5-11-28(19)16-21-25-18-7-3-8-20(23(18)29-21)27-14-12-26(2)13-15-27/h3-4,6-8,10,19H,5,9,11-16H2,1-2H3. The lowest BCUT2D eigenvalue weighted by Gasteiger charge is -2.33. The fraction of sp³-hybridized carbons (Fsp3) is 0.478. The lowest BCUT2D eigenvalue weighted by molar-refractivity contribution is 0.221. The average Bonchev–Trinajstić information content (AvgIpc) is 3.35.